The molecule has 1 heterocycles. The largest absolute Gasteiger partial charge is 0.372 e. The Labute approximate surface area is 107 Å². The van der Waals surface area contributed by atoms with Crippen molar-refractivity contribution in [1.29, 1.82) is 0 Å². The molecule has 0 spiro atoms. The monoisotopic (exact) mass is 246 g/mol. The Morgan fingerprint density at radius 1 is 1.17 bits per heavy atom. The van der Waals surface area contributed by atoms with Gasteiger partial charge in [-0.1, -0.05) is 42.8 Å². The number of rotatable bonds is 6. The normalized spacial score (nSPS) is 10.8. The van der Waals surface area contributed by atoms with Gasteiger partial charge in [0.2, 0.25) is 5.82 Å². The first-order valence-electron chi connectivity index (χ1n) is 6.33. The van der Waals surface area contributed by atoms with Crippen molar-refractivity contribution in [3.05, 3.63) is 35.7 Å². The lowest BCUT2D eigenvalue weighted by Gasteiger charge is -1.99. The molecule has 0 saturated carbocycles. The van der Waals surface area contributed by atoms with Crippen molar-refractivity contribution in [1.82, 2.24) is 10.1 Å². The molecule has 0 aliphatic carbocycles. The Morgan fingerprint density at radius 2 is 1.94 bits per heavy atom. The van der Waals surface area contributed by atoms with Gasteiger partial charge in [-0.3, -0.25) is 0 Å². The summed E-state index contributed by atoms with van der Waals surface area (Å²) < 4.78 is 10.3. The second kappa shape index (κ2) is 6.31. The molecule has 0 N–H and O–H groups in total. The predicted octanol–water partition coefficient (Wildman–Crippen LogP) is 3.23. The van der Waals surface area contributed by atoms with E-state index in [0.717, 1.165) is 18.4 Å². The average Bonchev–Trinajstić information content (AvgIpc) is 2.86. The van der Waals surface area contributed by atoms with E-state index in [9.17, 15) is 0 Å². The van der Waals surface area contributed by atoms with Gasteiger partial charge in [0.15, 0.2) is 0 Å². The van der Waals surface area contributed by atoms with Crippen molar-refractivity contribution in [3.63, 3.8) is 0 Å². The Balaban J connectivity index is 2.08. The number of aryl methyl sites for hydroxylation is 1. The van der Waals surface area contributed by atoms with Crippen molar-refractivity contribution in [2.75, 3.05) is 6.61 Å². The van der Waals surface area contributed by atoms with Gasteiger partial charge in [-0.25, -0.2) is 0 Å². The van der Waals surface area contributed by atoms with Crippen LogP contribution in [0.25, 0.3) is 11.4 Å². The minimum absolute atomic E-state index is 0.372. The van der Waals surface area contributed by atoms with Gasteiger partial charge in [-0.15, -0.1) is 0 Å². The molecular weight excluding hydrogens is 228 g/mol. The quantitative estimate of drug-likeness (QED) is 0.785. The van der Waals surface area contributed by atoms with Crippen LogP contribution < -0.4 is 0 Å². The molecule has 2 rings (SSSR count). The molecule has 0 saturated heterocycles. The third kappa shape index (κ3) is 3.17. The zero-order chi connectivity index (χ0) is 12.8. The van der Waals surface area contributed by atoms with Crippen LogP contribution in [0.2, 0.25) is 0 Å². The third-order valence-corrected chi connectivity index (χ3v) is 2.65. The molecule has 18 heavy (non-hydrogen) atoms. The summed E-state index contributed by atoms with van der Waals surface area (Å²) in [6.07, 6.45) is 2.25. The van der Waals surface area contributed by atoms with Gasteiger partial charge < -0.3 is 9.26 Å². The zero-order valence-corrected chi connectivity index (χ0v) is 10.8. The van der Waals surface area contributed by atoms with Gasteiger partial charge in [0.25, 0.3) is 5.89 Å². The standard InChI is InChI=1S/C14H18N2O2/c1-3-5-11-6-8-12(9-7-11)14-15-13(18-16-14)10-17-4-2/h6-9H,3-5,10H2,1-2H3. The topological polar surface area (TPSA) is 48.2 Å². The van der Waals surface area contributed by atoms with Gasteiger partial charge in [0.05, 0.1) is 0 Å². The molecule has 4 nitrogen and oxygen atoms in total. The number of benzene rings is 1. The molecule has 0 atom stereocenters. The second-order valence-electron chi connectivity index (χ2n) is 4.10. The Hall–Kier alpha value is -1.68. The summed E-state index contributed by atoms with van der Waals surface area (Å²) in [7, 11) is 0. The fraction of sp³-hybridized carbons (Fsp3) is 0.429. The molecule has 0 bridgehead atoms. The highest BCUT2D eigenvalue weighted by atomic mass is 16.5. The number of hydrogen-bond donors (Lipinski definition) is 0. The highest BCUT2D eigenvalue weighted by Gasteiger charge is 2.08. The summed E-state index contributed by atoms with van der Waals surface area (Å²) in [6, 6.07) is 8.27. The van der Waals surface area contributed by atoms with Crippen LogP contribution >= 0.6 is 0 Å². The van der Waals surface area contributed by atoms with Gasteiger partial charge in [0.1, 0.15) is 6.61 Å². The van der Waals surface area contributed by atoms with Crippen molar-refractivity contribution < 1.29 is 9.26 Å². The lowest BCUT2D eigenvalue weighted by atomic mass is 10.1. The van der Waals surface area contributed by atoms with E-state index in [0.29, 0.717) is 24.9 Å². The van der Waals surface area contributed by atoms with E-state index in [1.54, 1.807) is 0 Å². The summed E-state index contributed by atoms with van der Waals surface area (Å²) in [5.41, 5.74) is 2.31. The molecule has 4 heteroatoms. The van der Waals surface area contributed by atoms with Crippen molar-refractivity contribution in [2.45, 2.75) is 33.3 Å². The third-order valence-electron chi connectivity index (χ3n) is 2.65. The molecule has 1 aromatic heterocycles. The Morgan fingerprint density at radius 3 is 2.61 bits per heavy atom. The van der Waals surface area contributed by atoms with Crippen molar-refractivity contribution >= 4 is 0 Å². The first-order valence-corrected chi connectivity index (χ1v) is 6.33. The van der Waals surface area contributed by atoms with E-state index in [2.05, 4.69) is 29.2 Å². The van der Waals surface area contributed by atoms with Gasteiger partial charge in [-0.05, 0) is 18.9 Å². The molecule has 0 unspecified atom stereocenters. The molecule has 96 valence electrons. The maximum Gasteiger partial charge on any atom is 0.252 e. The SMILES string of the molecule is CCCc1ccc(-c2noc(COCC)n2)cc1. The van der Waals surface area contributed by atoms with Crippen LogP contribution in [0.15, 0.2) is 28.8 Å². The summed E-state index contributed by atoms with van der Waals surface area (Å²) in [6.45, 7) is 5.12. The molecule has 0 fully saturated rings. The molecule has 0 aliphatic heterocycles. The summed E-state index contributed by atoms with van der Waals surface area (Å²) >= 11 is 0. The summed E-state index contributed by atoms with van der Waals surface area (Å²) in [4.78, 5) is 4.29. The molecule has 0 radical (unpaired) electrons. The van der Waals surface area contributed by atoms with Crippen LogP contribution in [0.1, 0.15) is 31.7 Å². The maximum atomic E-state index is 5.22. The minimum Gasteiger partial charge on any atom is -0.372 e. The molecule has 0 aliphatic rings. The number of ether oxygens (including phenoxy) is 1. The number of aromatic nitrogens is 2. The average molecular weight is 246 g/mol. The summed E-state index contributed by atoms with van der Waals surface area (Å²) in [5, 5.41) is 3.95. The highest BCUT2D eigenvalue weighted by Crippen LogP contribution is 2.17. The first kappa shape index (κ1) is 12.8. The first-order chi connectivity index (χ1) is 8.83. The second-order valence-corrected chi connectivity index (χ2v) is 4.10. The molecule has 1 aromatic carbocycles. The highest BCUT2D eigenvalue weighted by molar-refractivity contribution is 5.54. The smallest absolute Gasteiger partial charge is 0.252 e. The maximum absolute atomic E-state index is 5.22. The van der Waals surface area contributed by atoms with Gasteiger partial charge in [-0.2, -0.15) is 4.98 Å². The van der Waals surface area contributed by atoms with Gasteiger partial charge in [0, 0.05) is 12.2 Å². The fourth-order valence-corrected chi connectivity index (χ4v) is 1.73. The summed E-state index contributed by atoms with van der Waals surface area (Å²) in [5.74, 6) is 1.14. The lowest BCUT2D eigenvalue weighted by Crippen LogP contribution is -1.91. The van der Waals surface area contributed by atoms with Crippen LogP contribution in [0.4, 0.5) is 0 Å². The van der Waals surface area contributed by atoms with Crippen LogP contribution in [0, 0.1) is 0 Å². The Kier molecular flexibility index (Phi) is 4.47. The van der Waals surface area contributed by atoms with E-state index in [1.165, 1.54) is 5.56 Å². The molecule has 0 amide bonds. The van der Waals surface area contributed by atoms with Crippen LogP contribution in [-0.4, -0.2) is 16.7 Å². The molecular formula is C14H18N2O2. The van der Waals surface area contributed by atoms with Crippen molar-refractivity contribution in [3.8, 4) is 11.4 Å². The fourth-order valence-electron chi connectivity index (χ4n) is 1.73. The van der Waals surface area contributed by atoms with Crippen LogP contribution in [0.5, 0.6) is 0 Å². The minimum atomic E-state index is 0.372. The van der Waals surface area contributed by atoms with Gasteiger partial charge >= 0.3 is 0 Å². The number of nitrogens with zero attached hydrogens (tertiary/aromatic N) is 2. The van der Waals surface area contributed by atoms with Crippen LogP contribution in [-0.2, 0) is 17.8 Å². The van der Waals surface area contributed by atoms with E-state index >= 15 is 0 Å². The van der Waals surface area contributed by atoms with E-state index in [1.807, 2.05) is 19.1 Å². The van der Waals surface area contributed by atoms with E-state index in [-0.39, 0.29) is 0 Å². The number of hydrogen-bond acceptors (Lipinski definition) is 4. The van der Waals surface area contributed by atoms with E-state index in [4.69, 9.17) is 9.26 Å². The Bertz CT molecular complexity index is 477. The lowest BCUT2D eigenvalue weighted by molar-refractivity contribution is 0.109. The van der Waals surface area contributed by atoms with Crippen LogP contribution in [0.3, 0.4) is 0 Å². The zero-order valence-electron chi connectivity index (χ0n) is 10.8. The van der Waals surface area contributed by atoms with E-state index < -0.39 is 0 Å². The van der Waals surface area contributed by atoms with Crippen molar-refractivity contribution in [2.24, 2.45) is 0 Å². The molecule has 2 aromatic rings. The predicted molar refractivity (Wildman–Crippen MR) is 69.1 cm³/mol.